The van der Waals surface area contributed by atoms with E-state index in [4.69, 9.17) is 11.6 Å². The van der Waals surface area contributed by atoms with E-state index in [2.05, 4.69) is 10.3 Å². The smallest absolute Gasteiger partial charge is 0.246 e. The third-order valence-corrected chi connectivity index (χ3v) is 7.13. The highest BCUT2D eigenvalue weighted by Gasteiger charge is 2.43. The second-order valence-electron chi connectivity index (χ2n) is 6.72. The molecule has 1 N–H and O–H groups in total. The number of halogens is 1. The maximum atomic E-state index is 12.9. The highest BCUT2D eigenvalue weighted by Crippen LogP contribution is 2.28. The summed E-state index contributed by atoms with van der Waals surface area (Å²) in [6.07, 6.45) is 1.63. The van der Waals surface area contributed by atoms with Gasteiger partial charge in [-0.1, -0.05) is 41.9 Å². The predicted molar refractivity (Wildman–Crippen MR) is 111 cm³/mol. The number of carbonyl (C=O) groups is 1. The molecule has 0 fully saturated rings. The molecule has 1 aromatic heterocycles. The van der Waals surface area contributed by atoms with Gasteiger partial charge in [0.1, 0.15) is 10.6 Å². The van der Waals surface area contributed by atoms with E-state index < -0.39 is 20.5 Å². The first kappa shape index (κ1) is 20.0. The van der Waals surface area contributed by atoms with Crippen molar-refractivity contribution in [2.45, 2.75) is 23.5 Å². The lowest BCUT2D eigenvalue weighted by atomic mass is 10.1. The molecular formula is C21H19ClN2O3S. The number of carbonyl (C=O) groups excluding carboxylic acids is 1. The normalized spacial score (nSPS) is 11.8. The Hall–Kier alpha value is -2.70. The second-order valence-corrected chi connectivity index (χ2v) is 9.66. The number of benzene rings is 2. The van der Waals surface area contributed by atoms with Gasteiger partial charge in [0.2, 0.25) is 5.91 Å². The maximum Gasteiger partial charge on any atom is 0.246 e. The molecule has 2 aromatic carbocycles. The largest absolute Gasteiger partial charge is 0.309 e. The van der Waals surface area contributed by atoms with Crippen molar-refractivity contribution in [2.75, 3.05) is 5.32 Å². The monoisotopic (exact) mass is 414 g/mol. The van der Waals surface area contributed by atoms with Crippen LogP contribution < -0.4 is 5.32 Å². The quantitative estimate of drug-likeness (QED) is 0.662. The highest BCUT2D eigenvalue weighted by atomic mass is 35.5. The minimum atomic E-state index is -3.92. The summed E-state index contributed by atoms with van der Waals surface area (Å²) in [7, 11) is -3.92. The number of hydrogen-bond acceptors (Lipinski definition) is 4. The van der Waals surface area contributed by atoms with Crippen molar-refractivity contribution in [3.8, 4) is 11.1 Å². The molecule has 3 aromatic rings. The van der Waals surface area contributed by atoms with E-state index in [1.165, 1.54) is 38.1 Å². The Morgan fingerprint density at radius 3 is 2.14 bits per heavy atom. The molecule has 5 nitrogen and oxygen atoms in total. The number of nitrogens with one attached hydrogen (secondary N) is 1. The van der Waals surface area contributed by atoms with Gasteiger partial charge in [-0.25, -0.2) is 13.4 Å². The predicted octanol–water partition coefficient (Wildman–Crippen LogP) is 4.59. The zero-order valence-corrected chi connectivity index (χ0v) is 17.0. The molecule has 0 saturated heterocycles. The summed E-state index contributed by atoms with van der Waals surface area (Å²) < 4.78 is 24.1. The average Bonchev–Trinajstić information content (AvgIpc) is 2.69. The van der Waals surface area contributed by atoms with Crippen molar-refractivity contribution in [3.05, 3.63) is 77.9 Å². The van der Waals surface area contributed by atoms with E-state index in [0.717, 1.165) is 11.1 Å². The van der Waals surface area contributed by atoms with Crippen LogP contribution in [0.25, 0.3) is 11.1 Å². The molecule has 0 aliphatic carbocycles. The average molecular weight is 415 g/mol. The van der Waals surface area contributed by atoms with Crippen molar-refractivity contribution in [1.29, 1.82) is 0 Å². The molecular weight excluding hydrogens is 396 g/mol. The van der Waals surface area contributed by atoms with Gasteiger partial charge in [-0.3, -0.25) is 4.79 Å². The van der Waals surface area contributed by atoms with Crippen LogP contribution in [-0.2, 0) is 14.6 Å². The van der Waals surface area contributed by atoms with Gasteiger partial charge in [0.05, 0.1) is 4.90 Å². The Balaban J connectivity index is 1.80. The number of aromatic nitrogens is 1. The Bertz CT molecular complexity index is 1080. The zero-order valence-electron chi connectivity index (χ0n) is 15.4. The van der Waals surface area contributed by atoms with E-state index in [1.807, 2.05) is 36.4 Å². The molecule has 3 rings (SSSR count). The first-order chi connectivity index (χ1) is 13.2. The number of sulfone groups is 1. The molecule has 144 valence electrons. The van der Waals surface area contributed by atoms with Crippen LogP contribution in [0, 0.1) is 0 Å². The van der Waals surface area contributed by atoms with Gasteiger partial charge in [-0.05, 0) is 55.8 Å². The van der Waals surface area contributed by atoms with E-state index in [9.17, 15) is 13.2 Å². The molecule has 28 heavy (non-hydrogen) atoms. The van der Waals surface area contributed by atoms with Gasteiger partial charge in [0.25, 0.3) is 0 Å². The lowest BCUT2D eigenvalue weighted by Gasteiger charge is -2.23. The number of hydrogen-bond donors (Lipinski definition) is 1. The van der Waals surface area contributed by atoms with Crippen LogP contribution in [0.5, 0.6) is 0 Å². The van der Waals surface area contributed by atoms with Gasteiger partial charge in [-0.2, -0.15) is 0 Å². The Labute approximate surface area is 169 Å². The Kier molecular flexibility index (Phi) is 5.54. The first-order valence-corrected chi connectivity index (χ1v) is 10.4. The van der Waals surface area contributed by atoms with Crippen molar-refractivity contribution in [2.24, 2.45) is 0 Å². The lowest BCUT2D eigenvalue weighted by Crippen LogP contribution is -2.44. The van der Waals surface area contributed by atoms with Crippen LogP contribution in [0.15, 0.2) is 77.8 Å². The summed E-state index contributed by atoms with van der Waals surface area (Å²) in [4.78, 5) is 17.0. The standard InChI is InChI=1S/C21H19ClN2O3S/c1-21(2,28(26,27)18-11-9-17(22)10-12-18)20(25)24-19-13-8-16(14-23-19)15-6-4-3-5-7-15/h3-14H,1-2H3,(H,23,24,25). The first-order valence-electron chi connectivity index (χ1n) is 8.55. The van der Waals surface area contributed by atoms with Crippen molar-refractivity contribution in [1.82, 2.24) is 4.98 Å². The minimum Gasteiger partial charge on any atom is -0.309 e. The van der Waals surface area contributed by atoms with Crippen molar-refractivity contribution in [3.63, 3.8) is 0 Å². The fourth-order valence-electron chi connectivity index (χ4n) is 2.57. The van der Waals surface area contributed by atoms with Gasteiger partial charge in [-0.15, -0.1) is 0 Å². The Morgan fingerprint density at radius 2 is 1.57 bits per heavy atom. The lowest BCUT2D eigenvalue weighted by molar-refractivity contribution is -0.117. The molecule has 0 bridgehead atoms. The number of rotatable bonds is 5. The third kappa shape index (κ3) is 3.93. The number of amides is 1. The van der Waals surface area contributed by atoms with Crippen LogP contribution in [0.2, 0.25) is 5.02 Å². The number of anilines is 1. The molecule has 1 amide bonds. The molecule has 0 saturated carbocycles. The van der Waals surface area contributed by atoms with E-state index in [0.29, 0.717) is 5.02 Å². The van der Waals surface area contributed by atoms with Gasteiger partial charge < -0.3 is 5.32 Å². The molecule has 1 heterocycles. The molecule has 0 spiro atoms. The topological polar surface area (TPSA) is 76.1 Å². The molecule has 0 radical (unpaired) electrons. The van der Waals surface area contributed by atoms with E-state index in [1.54, 1.807) is 12.3 Å². The summed E-state index contributed by atoms with van der Waals surface area (Å²) in [6, 6.07) is 18.9. The molecule has 0 unspecified atom stereocenters. The third-order valence-electron chi connectivity index (χ3n) is 4.45. The van der Waals surface area contributed by atoms with Crippen LogP contribution >= 0.6 is 11.6 Å². The summed E-state index contributed by atoms with van der Waals surface area (Å²) in [6.45, 7) is 2.73. The number of pyridine rings is 1. The van der Waals surface area contributed by atoms with Crippen LogP contribution in [0.3, 0.4) is 0 Å². The van der Waals surface area contributed by atoms with Crippen molar-refractivity contribution < 1.29 is 13.2 Å². The van der Waals surface area contributed by atoms with Gasteiger partial charge in [0.15, 0.2) is 9.84 Å². The fourth-order valence-corrected chi connectivity index (χ4v) is 4.07. The molecule has 0 aliphatic rings. The van der Waals surface area contributed by atoms with Gasteiger partial charge >= 0.3 is 0 Å². The minimum absolute atomic E-state index is 0.0319. The van der Waals surface area contributed by atoms with Crippen LogP contribution in [0.1, 0.15) is 13.8 Å². The van der Waals surface area contributed by atoms with Gasteiger partial charge in [0, 0.05) is 16.8 Å². The fraction of sp³-hybridized carbons (Fsp3) is 0.143. The van der Waals surface area contributed by atoms with Crippen molar-refractivity contribution >= 4 is 33.2 Å². The summed E-state index contributed by atoms with van der Waals surface area (Å²) in [5.41, 5.74) is 1.89. The summed E-state index contributed by atoms with van der Waals surface area (Å²) >= 11 is 5.82. The summed E-state index contributed by atoms with van der Waals surface area (Å²) in [5.74, 6) is -0.383. The van der Waals surface area contributed by atoms with Crippen LogP contribution in [-0.4, -0.2) is 24.1 Å². The second kappa shape index (κ2) is 7.73. The van der Waals surface area contributed by atoms with E-state index >= 15 is 0 Å². The highest BCUT2D eigenvalue weighted by molar-refractivity contribution is 7.93. The zero-order chi connectivity index (χ0) is 20.4. The summed E-state index contributed by atoms with van der Waals surface area (Å²) in [5, 5.41) is 3.01. The molecule has 0 atom stereocenters. The maximum absolute atomic E-state index is 12.9. The van der Waals surface area contributed by atoms with Crippen LogP contribution in [0.4, 0.5) is 5.82 Å². The number of nitrogens with zero attached hydrogens (tertiary/aromatic N) is 1. The Morgan fingerprint density at radius 1 is 0.929 bits per heavy atom. The SMILES string of the molecule is CC(C)(C(=O)Nc1ccc(-c2ccccc2)cn1)S(=O)(=O)c1ccc(Cl)cc1. The van der Waals surface area contributed by atoms with E-state index in [-0.39, 0.29) is 10.7 Å². The molecule has 7 heteroatoms. The molecule has 0 aliphatic heterocycles.